The minimum absolute atomic E-state index is 0.246. The summed E-state index contributed by atoms with van der Waals surface area (Å²) >= 11 is 0. The predicted molar refractivity (Wildman–Crippen MR) is 75.0 cm³/mol. The third kappa shape index (κ3) is 3.32. The molecule has 1 atom stereocenters. The number of nitrogens with one attached hydrogen (secondary N) is 1. The van der Waals surface area contributed by atoms with E-state index in [1.807, 2.05) is 31.3 Å². The quantitative estimate of drug-likeness (QED) is 0.865. The average molecular weight is 259 g/mol. The molecule has 0 radical (unpaired) electrons. The van der Waals surface area contributed by atoms with Crippen molar-refractivity contribution in [2.24, 2.45) is 0 Å². The van der Waals surface area contributed by atoms with Gasteiger partial charge in [0.15, 0.2) is 11.6 Å². The van der Waals surface area contributed by atoms with E-state index in [9.17, 15) is 4.39 Å². The number of hydrogen-bond acceptors (Lipinski definition) is 2. The van der Waals surface area contributed by atoms with E-state index in [4.69, 9.17) is 4.74 Å². The third-order valence-corrected chi connectivity index (χ3v) is 3.10. The lowest BCUT2D eigenvalue weighted by atomic mass is 10.0. The summed E-state index contributed by atoms with van der Waals surface area (Å²) < 4.78 is 19.0. The molecule has 1 unspecified atom stereocenters. The van der Waals surface area contributed by atoms with Crippen molar-refractivity contribution in [2.75, 3.05) is 7.05 Å². The summed E-state index contributed by atoms with van der Waals surface area (Å²) in [6.07, 6.45) is 1.02. The second kappa shape index (κ2) is 6.34. The van der Waals surface area contributed by atoms with Crippen molar-refractivity contribution in [3.05, 3.63) is 59.9 Å². The van der Waals surface area contributed by atoms with Crippen LogP contribution in [0.15, 0.2) is 48.5 Å². The Morgan fingerprint density at radius 1 is 1.11 bits per heavy atom. The van der Waals surface area contributed by atoms with Crippen LogP contribution in [-0.2, 0) is 0 Å². The Morgan fingerprint density at radius 3 is 2.37 bits per heavy atom. The summed E-state index contributed by atoms with van der Waals surface area (Å²) in [4.78, 5) is 0. The van der Waals surface area contributed by atoms with Gasteiger partial charge >= 0.3 is 0 Å². The maximum Gasteiger partial charge on any atom is 0.165 e. The van der Waals surface area contributed by atoms with Crippen LogP contribution in [0.25, 0.3) is 0 Å². The van der Waals surface area contributed by atoms with Crippen molar-refractivity contribution in [3.8, 4) is 11.5 Å². The molecule has 2 rings (SSSR count). The Morgan fingerprint density at radius 2 is 1.79 bits per heavy atom. The van der Waals surface area contributed by atoms with Gasteiger partial charge in [-0.05, 0) is 43.3 Å². The van der Waals surface area contributed by atoms with E-state index in [0.717, 1.165) is 6.42 Å². The van der Waals surface area contributed by atoms with E-state index < -0.39 is 0 Å². The van der Waals surface area contributed by atoms with Crippen LogP contribution in [-0.4, -0.2) is 7.05 Å². The van der Waals surface area contributed by atoms with E-state index in [0.29, 0.717) is 11.8 Å². The Balaban J connectivity index is 2.13. The summed E-state index contributed by atoms with van der Waals surface area (Å²) in [5.41, 5.74) is 1.20. The SMILES string of the molecule is CCC(NC)c1ccc(Oc2ccccc2F)cc1. The van der Waals surface area contributed by atoms with Crippen molar-refractivity contribution in [1.82, 2.24) is 5.32 Å². The number of ether oxygens (including phenoxy) is 1. The molecule has 100 valence electrons. The molecular weight excluding hydrogens is 241 g/mol. The topological polar surface area (TPSA) is 21.3 Å². The maximum atomic E-state index is 13.5. The van der Waals surface area contributed by atoms with Crippen LogP contribution >= 0.6 is 0 Å². The first-order valence-electron chi connectivity index (χ1n) is 6.44. The van der Waals surface area contributed by atoms with Crippen LogP contribution in [0, 0.1) is 5.82 Å². The fourth-order valence-electron chi connectivity index (χ4n) is 2.03. The molecule has 0 aliphatic rings. The van der Waals surface area contributed by atoms with Gasteiger partial charge in [-0.2, -0.15) is 0 Å². The zero-order valence-corrected chi connectivity index (χ0v) is 11.2. The lowest BCUT2D eigenvalue weighted by Gasteiger charge is -2.14. The minimum atomic E-state index is -0.353. The van der Waals surface area contributed by atoms with Crippen LogP contribution in [0.1, 0.15) is 24.9 Å². The van der Waals surface area contributed by atoms with Crippen LogP contribution in [0.3, 0.4) is 0 Å². The molecule has 0 fully saturated rings. The molecule has 0 bridgehead atoms. The molecule has 0 aliphatic carbocycles. The summed E-state index contributed by atoms with van der Waals surface area (Å²) in [6, 6.07) is 14.5. The van der Waals surface area contributed by atoms with Crippen LogP contribution in [0.4, 0.5) is 4.39 Å². The number of hydrogen-bond donors (Lipinski definition) is 1. The van der Waals surface area contributed by atoms with E-state index in [1.54, 1.807) is 18.2 Å². The Kier molecular flexibility index (Phi) is 4.53. The second-order valence-corrected chi connectivity index (χ2v) is 4.35. The monoisotopic (exact) mass is 259 g/mol. The first-order valence-corrected chi connectivity index (χ1v) is 6.44. The Bertz CT molecular complexity index is 521. The largest absolute Gasteiger partial charge is 0.454 e. The second-order valence-electron chi connectivity index (χ2n) is 4.35. The normalized spacial score (nSPS) is 12.2. The fourth-order valence-corrected chi connectivity index (χ4v) is 2.03. The van der Waals surface area contributed by atoms with E-state index >= 15 is 0 Å². The van der Waals surface area contributed by atoms with Gasteiger partial charge in [-0.25, -0.2) is 4.39 Å². The molecule has 0 saturated carbocycles. The van der Waals surface area contributed by atoms with Crippen molar-refractivity contribution >= 4 is 0 Å². The van der Waals surface area contributed by atoms with E-state index in [2.05, 4.69) is 12.2 Å². The van der Waals surface area contributed by atoms with Crippen LogP contribution < -0.4 is 10.1 Å². The highest BCUT2D eigenvalue weighted by atomic mass is 19.1. The van der Waals surface area contributed by atoms with Crippen molar-refractivity contribution in [2.45, 2.75) is 19.4 Å². The van der Waals surface area contributed by atoms with Gasteiger partial charge in [-0.15, -0.1) is 0 Å². The van der Waals surface area contributed by atoms with Crippen molar-refractivity contribution in [3.63, 3.8) is 0 Å². The molecule has 0 saturated heterocycles. The van der Waals surface area contributed by atoms with Gasteiger partial charge in [0, 0.05) is 6.04 Å². The molecule has 1 N–H and O–H groups in total. The zero-order valence-electron chi connectivity index (χ0n) is 11.2. The van der Waals surface area contributed by atoms with Gasteiger partial charge in [0.25, 0.3) is 0 Å². The molecule has 19 heavy (non-hydrogen) atoms. The predicted octanol–water partition coefficient (Wildman–Crippen LogP) is 4.29. The Hall–Kier alpha value is -1.87. The first kappa shape index (κ1) is 13.6. The molecular formula is C16H18FNO. The third-order valence-electron chi connectivity index (χ3n) is 3.10. The summed E-state index contributed by atoms with van der Waals surface area (Å²) in [5, 5.41) is 3.25. The standard InChI is InChI=1S/C16H18FNO/c1-3-15(18-2)12-8-10-13(11-9-12)19-16-7-5-4-6-14(16)17/h4-11,15,18H,3H2,1-2H3. The number of rotatable bonds is 5. The highest BCUT2D eigenvalue weighted by Gasteiger charge is 2.07. The van der Waals surface area contributed by atoms with Gasteiger partial charge in [0.05, 0.1) is 0 Å². The highest BCUT2D eigenvalue weighted by Crippen LogP contribution is 2.26. The molecule has 0 spiro atoms. The van der Waals surface area contributed by atoms with E-state index in [1.165, 1.54) is 11.6 Å². The minimum Gasteiger partial charge on any atom is -0.454 e. The van der Waals surface area contributed by atoms with Gasteiger partial charge in [0.1, 0.15) is 5.75 Å². The molecule has 3 heteroatoms. The highest BCUT2D eigenvalue weighted by molar-refractivity contribution is 5.34. The van der Waals surface area contributed by atoms with Gasteiger partial charge in [0.2, 0.25) is 0 Å². The zero-order chi connectivity index (χ0) is 13.7. The Labute approximate surface area is 113 Å². The first-order chi connectivity index (χ1) is 9.24. The summed E-state index contributed by atoms with van der Waals surface area (Å²) in [5.74, 6) is 0.531. The summed E-state index contributed by atoms with van der Waals surface area (Å²) in [6.45, 7) is 2.13. The van der Waals surface area contributed by atoms with Crippen LogP contribution in [0.2, 0.25) is 0 Å². The lowest BCUT2D eigenvalue weighted by Crippen LogP contribution is -2.14. The van der Waals surface area contributed by atoms with E-state index in [-0.39, 0.29) is 11.6 Å². The van der Waals surface area contributed by atoms with Crippen molar-refractivity contribution in [1.29, 1.82) is 0 Å². The average Bonchev–Trinajstić information content (AvgIpc) is 2.44. The van der Waals surface area contributed by atoms with Gasteiger partial charge in [-0.3, -0.25) is 0 Å². The molecule has 2 aromatic carbocycles. The molecule has 2 nitrogen and oxygen atoms in total. The van der Waals surface area contributed by atoms with Crippen LogP contribution in [0.5, 0.6) is 11.5 Å². The number of halogens is 1. The number of benzene rings is 2. The van der Waals surface area contributed by atoms with Gasteiger partial charge < -0.3 is 10.1 Å². The lowest BCUT2D eigenvalue weighted by molar-refractivity contribution is 0.442. The molecule has 2 aromatic rings. The van der Waals surface area contributed by atoms with Crippen molar-refractivity contribution < 1.29 is 9.13 Å². The smallest absolute Gasteiger partial charge is 0.165 e. The fraction of sp³-hybridized carbons (Fsp3) is 0.250. The molecule has 0 heterocycles. The molecule has 0 aliphatic heterocycles. The maximum absolute atomic E-state index is 13.5. The molecule has 0 aromatic heterocycles. The molecule has 0 amide bonds. The number of para-hydroxylation sites is 1. The summed E-state index contributed by atoms with van der Waals surface area (Å²) in [7, 11) is 1.94. The van der Waals surface area contributed by atoms with Gasteiger partial charge in [-0.1, -0.05) is 31.2 Å².